The van der Waals surface area contributed by atoms with Crippen molar-refractivity contribution >= 4 is 0 Å². The molecule has 0 spiro atoms. The minimum atomic E-state index is -0.0729. The van der Waals surface area contributed by atoms with Crippen LogP contribution in [0.1, 0.15) is 18.4 Å². The van der Waals surface area contributed by atoms with E-state index in [9.17, 15) is 10.2 Å². The molecule has 4 nitrogen and oxygen atoms in total. The molecule has 4 heteroatoms. The average Bonchev–Trinajstić information content (AvgIpc) is 2.24. The van der Waals surface area contributed by atoms with Gasteiger partial charge in [-0.3, -0.25) is 0 Å². The first-order valence-electron chi connectivity index (χ1n) is 5.16. The van der Waals surface area contributed by atoms with Gasteiger partial charge in [0.1, 0.15) is 0 Å². The molecule has 0 amide bonds. The number of nitrogens with two attached hydrogens (primary N) is 1. The quantitative estimate of drug-likeness (QED) is 0.416. The molecule has 1 rings (SSSR count). The number of nitrogens with one attached hydrogen (secondary N) is 1. The fraction of sp³-hybridized carbons (Fsp3) is 0.455. The maximum absolute atomic E-state index is 9.49. The number of unbranched alkanes of at least 4 members (excludes halogenated alkanes) is 1. The van der Waals surface area contributed by atoms with Crippen LogP contribution < -0.4 is 11.1 Å². The Morgan fingerprint density at radius 3 is 2.73 bits per heavy atom. The Labute approximate surface area is 89.7 Å². The fourth-order valence-corrected chi connectivity index (χ4v) is 1.34. The van der Waals surface area contributed by atoms with E-state index in [1.54, 1.807) is 12.1 Å². The third-order valence-corrected chi connectivity index (χ3v) is 2.22. The summed E-state index contributed by atoms with van der Waals surface area (Å²) in [5.74, 6) is -0.111. The number of hydrogen-bond donors (Lipinski definition) is 4. The van der Waals surface area contributed by atoms with E-state index in [4.69, 9.17) is 5.73 Å². The van der Waals surface area contributed by atoms with E-state index in [1.807, 2.05) is 0 Å². The van der Waals surface area contributed by atoms with Crippen molar-refractivity contribution in [3.8, 4) is 11.5 Å². The summed E-state index contributed by atoms with van der Waals surface area (Å²) in [6, 6.07) is 4.96. The molecule has 1 aromatic rings. The second-order valence-electron chi connectivity index (χ2n) is 3.46. The monoisotopic (exact) mass is 210 g/mol. The highest BCUT2D eigenvalue weighted by atomic mass is 16.3. The van der Waals surface area contributed by atoms with Gasteiger partial charge in [-0.15, -0.1) is 0 Å². The van der Waals surface area contributed by atoms with Crippen LogP contribution in [0.15, 0.2) is 18.2 Å². The molecule has 0 unspecified atom stereocenters. The van der Waals surface area contributed by atoms with Gasteiger partial charge in [0.05, 0.1) is 0 Å². The second-order valence-corrected chi connectivity index (χ2v) is 3.46. The van der Waals surface area contributed by atoms with Crippen LogP contribution in [0.4, 0.5) is 0 Å². The van der Waals surface area contributed by atoms with Crippen LogP contribution in [0.3, 0.4) is 0 Å². The maximum atomic E-state index is 9.49. The summed E-state index contributed by atoms with van der Waals surface area (Å²) >= 11 is 0. The number of para-hydroxylation sites is 1. The summed E-state index contributed by atoms with van der Waals surface area (Å²) in [6.07, 6.45) is 2.02. The first-order chi connectivity index (χ1) is 7.25. The first kappa shape index (κ1) is 11.8. The van der Waals surface area contributed by atoms with Crippen molar-refractivity contribution < 1.29 is 10.2 Å². The predicted octanol–water partition coefficient (Wildman–Crippen LogP) is 0.926. The van der Waals surface area contributed by atoms with Crippen LogP contribution in [0.5, 0.6) is 11.5 Å². The van der Waals surface area contributed by atoms with Gasteiger partial charge >= 0.3 is 0 Å². The van der Waals surface area contributed by atoms with Gasteiger partial charge in [0.15, 0.2) is 11.5 Å². The molecule has 0 atom stereocenters. The van der Waals surface area contributed by atoms with Crippen molar-refractivity contribution in [2.45, 2.75) is 19.4 Å². The third kappa shape index (κ3) is 3.77. The molecule has 0 fully saturated rings. The fourth-order valence-electron chi connectivity index (χ4n) is 1.34. The lowest BCUT2D eigenvalue weighted by atomic mass is 10.2. The highest BCUT2D eigenvalue weighted by Gasteiger charge is 2.04. The smallest absolute Gasteiger partial charge is 0.161 e. The van der Waals surface area contributed by atoms with Gasteiger partial charge in [0, 0.05) is 12.1 Å². The van der Waals surface area contributed by atoms with Crippen LogP contribution in [-0.4, -0.2) is 23.3 Å². The van der Waals surface area contributed by atoms with Gasteiger partial charge in [-0.1, -0.05) is 12.1 Å². The van der Waals surface area contributed by atoms with Crippen molar-refractivity contribution in [3.05, 3.63) is 23.8 Å². The Morgan fingerprint density at radius 2 is 2.00 bits per heavy atom. The second kappa shape index (κ2) is 6.27. The Balaban J connectivity index is 2.34. The van der Waals surface area contributed by atoms with Crippen LogP contribution in [0, 0.1) is 0 Å². The Hall–Kier alpha value is -1.26. The topological polar surface area (TPSA) is 78.5 Å². The molecule has 0 saturated carbocycles. The Bertz CT molecular complexity index is 303. The molecule has 0 heterocycles. The molecule has 1 aromatic carbocycles. The molecule has 0 aliphatic heterocycles. The number of phenolic OH excluding ortho intramolecular Hbond substituents is 2. The van der Waals surface area contributed by atoms with Gasteiger partial charge in [0.2, 0.25) is 0 Å². The molecule has 84 valence electrons. The average molecular weight is 210 g/mol. The summed E-state index contributed by atoms with van der Waals surface area (Å²) < 4.78 is 0. The highest BCUT2D eigenvalue weighted by molar-refractivity contribution is 5.44. The Morgan fingerprint density at radius 1 is 1.20 bits per heavy atom. The van der Waals surface area contributed by atoms with Gasteiger partial charge in [-0.2, -0.15) is 0 Å². The first-order valence-corrected chi connectivity index (χ1v) is 5.16. The van der Waals surface area contributed by atoms with Crippen LogP contribution in [0.2, 0.25) is 0 Å². The molecule has 0 radical (unpaired) electrons. The van der Waals surface area contributed by atoms with Crippen LogP contribution in [0.25, 0.3) is 0 Å². The number of phenols is 2. The molecule has 0 bridgehead atoms. The van der Waals surface area contributed by atoms with E-state index >= 15 is 0 Å². The minimum Gasteiger partial charge on any atom is -0.504 e. The van der Waals surface area contributed by atoms with Crippen molar-refractivity contribution in [2.75, 3.05) is 13.1 Å². The molecule has 0 aliphatic carbocycles. The summed E-state index contributed by atoms with van der Waals surface area (Å²) in [5, 5.41) is 21.9. The number of hydrogen-bond acceptors (Lipinski definition) is 4. The lowest BCUT2D eigenvalue weighted by Crippen LogP contribution is -2.15. The summed E-state index contributed by atoms with van der Waals surface area (Å²) in [4.78, 5) is 0. The molecule has 0 aliphatic rings. The molecule has 0 aromatic heterocycles. The van der Waals surface area contributed by atoms with E-state index in [-0.39, 0.29) is 11.5 Å². The lowest BCUT2D eigenvalue weighted by molar-refractivity contribution is 0.397. The largest absolute Gasteiger partial charge is 0.504 e. The third-order valence-electron chi connectivity index (χ3n) is 2.22. The zero-order valence-corrected chi connectivity index (χ0v) is 8.74. The van der Waals surface area contributed by atoms with Gasteiger partial charge in [-0.05, 0) is 32.0 Å². The Kier molecular flexibility index (Phi) is 4.93. The summed E-state index contributed by atoms with van der Waals surface area (Å²) in [7, 11) is 0. The van der Waals surface area contributed by atoms with Crippen molar-refractivity contribution in [2.24, 2.45) is 5.73 Å². The number of benzene rings is 1. The summed E-state index contributed by atoms with van der Waals surface area (Å²) in [5.41, 5.74) is 6.08. The number of aromatic hydroxyl groups is 2. The molecule has 15 heavy (non-hydrogen) atoms. The van der Waals surface area contributed by atoms with Crippen LogP contribution in [-0.2, 0) is 6.54 Å². The molecule has 5 N–H and O–H groups in total. The van der Waals surface area contributed by atoms with E-state index < -0.39 is 0 Å². The zero-order valence-electron chi connectivity index (χ0n) is 8.74. The van der Waals surface area contributed by atoms with Gasteiger partial charge < -0.3 is 21.3 Å². The van der Waals surface area contributed by atoms with Crippen molar-refractivity contribution in [1.29, 1.82) is 0 Å². The molecule has 0 saturated heterocycles. The molecular formula is C11H18N2O2. The van der Waals surface area contributed by atoms with Crippen molar-refractivity contribution in [1.82, 2.24) is 5.32 Å². The van der Waals surface area contributed by atoms with E-state index in [2.05, 4.69) is 5.32 Å². The van der Waals surface area contributed by atoms with Gasteiger partial charge in [-0.25, -0.2) is 0 Å². The van der Waals surface area contributed by atoms with Crippen molar-refractivity contribution in [3.63, 3.8) is 0 Å². The molecular weight excluding hydrogens is 192 g/mol. The van der Waals surface area contributed by atoms with E-state index in [0.29, 0.717) is 18.7 Å². The lowest BCUT2D eigenvalue weighted by Gasteiger charge is -2.07. The standard InChI is InChI=1S/C11H18N2O2/c12-6-1-2-7-13-8-9-4-3-5-10(14)11(9)15/h3-5,13-15H,1-2,6-8,12H2. The zero-order chi connectivity index (χ0) is 11.1. The van der Waals surface area contributed by atoms with Gasteiger partial charge in [0.25, 0.3) is 0 Å². The SMILES string of the molecule is NCCCCNCc1cccc(O)c1O. The van der Waals surface area contributed by atoms with E-state index in [0.717, 1.165) is 19.4 Å². The normalized spacial score (nSPS) is 10.5. The number of rotatable bonds is 6. The maximum Gasteiger partial charge on any atom is 0.161 e. The highest BCUT2D eigenvalue weighted by Crippen LogP contribution is 2.27. The minimum absolute atomic E-state index is 0.0381. The van der Waals surface area contributed by atoms with Crippen LogP contribution >= 0.6 is 0 Å². The summed E-state index contributed by atoms with van der Waals surface area (Å²) in [6.45, 7) is 2.14. The predicted molar refractivity (Wildman–Crippen MR) is 59.8 cm³/mol. The van der Waals surface area contributed by atoms with E-state index in [1.165, 1.54) is 6.07 Å².